The fourth-order valence-electron chi connectivity index (χ4n) is 1.89. The molecule has 0 aromatic heterocycles. The molecule has 0 unspecified atom stereocenters. The van der Waals surface area contributed by atoms with Crippen molar-refractivity contribution in [1.82, 2.24) is 5.32 Å². The quantitative estimate of drug-likeness (QED) is 0.289. The molecule has 0 atom stereocenters. The molecule has 0 aliphatic rings. The molecular weight excluding hydrogens is 214 g/mol. The minimum absolute atomic E-state index is 0.685. The first-order chi connectivity index (χ1) is 7.83. The Morgan fingerprint density at radius 1 is 0.706 bits per heavy atom. The van der Waals surface area contributed by atoms with Crippen LogP contribution in [-0.4, -0.2) is 11.6 Å². The average Bonchev–Trinajstić information content (AvgIpc) is 2.16. The molecule has 0 bridgehead atoms. The van der Waals surface area contributed by atoms with Crippen LogP contribution in [0.2, 0.25) is 0 Å². The predicted octanol–water partition coefficient (Wildman–Crippen LogP) is 0.879. The molecule has 0 saturated carbocycles. The summed E-state index contributed by atoms with van der Waals surface area (Å²) in [5.41, 5.74) is 23.8. The Bertz CT molecular complexity index is 171. The standard InChI is InChI=1S/C12H31N5/c1-3-5-7-9-11(13,14)17-12(15,16)10-8-6-4-2/h17H,3-10,13-16H2,1-2H3. The van der Waals surface area contributed by atoms with Gasteiger partial charge in [-0.2, -0.15) is 0 Å². The van der Waals surface area contributed by atoms with E-state index in [9.17, 15) is 0 Å². The zero-order valence-corrected chi connectivity index (χ0v) is 11.5. The minimum atomic E-state index is -0.967. The average molecular weight is 245 g/mol. The van der Waals surface area contributed by atoms with Crippen LogP contribution >= 0.6 is 0 Å². The fourth-order valence-corrected chi connectivity index (χ4v) is 1.89. The van der Waals surface area contributed by atoms with Gasteiger partial charge in [0.15, 0.2) is 0 Å². The third-order valence-corrected chi connectivity index (χ3v) is 2.85. The molecule has 9 N–H and O–H groups in total. The van der Waals surface area contributed by atoms with Gasteiger partial charge >= 0.3 is 0 Å². The first kappa shape index (κ1) is 16.8. The molecule has 0 fully saturated rings. The lowest BCUT2D eigenvalue weighted by Crippen LogP contribution is -2.74. The second-order valence-electron chi connectivity index (χ2n) is 5.12. The molecule has 0 aliphatic carbocycles. The highest BCUT2D eigenvalue weighted by Crippen LogP contribution is 2.10. The van der Waals surface area contributed by atoms with Gasteiger partial charge < -0.3 is 22.9 Å². The van der Waals surface area contributed by atoms with E-state index in [2.05, 4.69) is 19.2 Å². The summed E-state index contributed by atoms with van der Waals surface area (Å²) in [6.45, 7) is 4.28. The first-order valence-electron chi connectivity index (χ1n) is 6.78. The molecule has 0 saturated heterocycles. The third kappa shape index (κ3) is 9.50. The largest absolute Gasteiger partial charge is 0.301 e. The van der Waals surface area contributed by atoms with Gasteiger partial charge in [0, 0.05) is 0 Å². The van der Waals surface area contributed by atoms with E-state index in [-0.39, 0.29) is 0 Å². The maximum atomic E-state index is 5.95. The lowest BCUT2D eigenvalue weighted by Gasteiger charge is -2.36. The molecule has 0 aromatic carbocycles. The van der Waals surface area contributed by atoms with Crippen molar-refractivity contribution in [2.75, 3.05) is 0 Å². The van der Waals surface area contributed by atoms with Crippen LogP contribution in [0.5, 0.6) is 0 Å². The molecule has 0 radical (unpaired) electrons. The number of rotatable bonds is 10. The number of nitrogens with one attached hydrogen (secondary N) is 1. The highest BCUT2D eigenvalue weighted by Gasteiger charge is 2.28. The van der Waals surface area contributed by atoms with E-state index >= 15 is 0 Å². The Kier molecular flexibility index (Phi) is 7.91. The Morgan fingerprint density at radius 2 is 1.06 bits per heavy atom. The summed E-state index contributed by atoms with van der Waals surface area (Å²) in [5, 5.41) is 2.96. The van der Waals surface area contributed by atoms with Crippen LogP contribution in [0, 0.1) is 0 Å². The third-order valence-electron chi connectivity index (χ3n) is 2.85. The summed E-state index contributed by atoms with van der Waals surface area (Å²) in [5.74, 6) is -1.93. The summed E-state index contributed by atoms with van der Waals surface area (Å²) in [6, 6.07) is 0. The van der Waals surface area contributed by atoms with Crippen LogP contribution in [-0.2, 0) is 0 Å². The minimum Gasteiger partial charge on any atom is -0.301 e. The van der Waals surface area contributed by atoms with Crippen molar-refractivity contribution in [2.45, 2.75) is 76.8 Å². The summed E-state index contributed by atoms with van der Waals surface area (Å²) in [4.78, 5) is 0. The van der Waals surface area contributed by atoms with Gasteiger partial charge in [-0.15, -0.1) is 0 Å². The van der Waals surface area contributed by atoms with E-state index in [0.29, 0.717) is 12.8 Å². The lowest BCUT2D eigenvalue weighted by atomic mass is 10.1. The number of hydrogen-bond acceptors (Lipinski definition) is 5. The SMILES string of the molecule is CCCCCC(N)(N)NC(N)(N)CCCCC. The molecule has 104 valence electrons. The summed E-state index contributed by atoms with van der Waals surface area (Å²) in [6.07, 6.45) is 7.87. The molecular formula is C12H31N5. The van der Waals surface area contributed by atoms with Gasteiger partial charge in [0.05, 0.1) is 0 Å². The second-order valence-corrected chi connectivity index (χ2v) is 5.12. The van der Waals surface area contributed by atoms with Gasteiger partial charge in [-0.3, -0.25) is 5.32 Å². The van der Waals surface area contributed by atoms with Gasteiger partial charge in [-0.1, -0.05) is 39.5 Å². The van der Waals surface area contributed by atoms with Crippen molar-refractivity contribution in [3.05, 3.63) is 0 Å². The van der Waals surface area contributed by atoms with E-state index in [4.69, 9.17) is 22.9 Å². The van der Waals surface area contributed by atoms with Crippen molar-refractivity contribution in [2.24, 2.45) is 22.9 Å². The maximum Gasteiger partial charge on any atom is 0.120 e. The lowest BCUT2D eigenvalue weighted by molar-refractivity contribution is 0.189. The van der Waals surface area contributed by atoms with Crippen LogP contribution in [0.4, 0.5) is 0 Å². The molecule has 0 aliphatic heterocycles. The highest BCUT2D eigenvalue weighted by atomic mass is 15.3. The molecule has 0 rings (SSSR count). The van der Waals surface area contributed by atoms with Crippen LogP contribution < -0.4 is 28.3 Å². The van der Waals surface area contributed by atoms with Gasteiger partial charge in [-0.05, 0) is 25.7 Å². The summed E-state index contributed by atoms with van der Waals surface area (Å²) < 4.78 is 0. The first-order valence-corrected chi connectivity index (χ1v) is 6.78. The normalized spacial score (nSPS) is 13.1. The van der Waals surface area contributed by atoms with Crippen LogP contribution in [0.15, 0.2) is 0 Å². The zero-order chi connectivity index (χ0) is 13.4. The van der Waals surface area contributed by atoms with Gasteiger partial charge in [-0.25, -0.2) is 0 Å². The zero-order valence-electron chi connectivity index (χ0n) is 11.5. The highest BCUT2D eigenvalue weighted by molar-refractivity contribution is 4.84. The Hall–Kier alpha value is -0.200. The van der Waals surface area contributed by atoms with E-state index < -0.39 is 11.6 Å². The van der Waals surface area contributed by atoms with Crippen molar-refractivity contribution >= 4 is 0 Å². The molecule has 17 heavy (non-hydrogen) atoms. The molecule has 0 amide bonds. The topological polar surface area (TPSA) is 116 Å². The Morgan fingerprint density at radius 3 is 1.35 bits per heavy atom. The monoisotopic (exact) mass is 245 g/mol. The van der Waals surface area contributed by atoms with Gasteiger partial charge in [0.2, 0.25) is 0 Å². The van der Waals surface area contributed by atoms with Crippen LogP contribution in [0.25, 0.3) is 0 Å². The molecule has 5 heteroatoms. The summed E-state index contributed by atoms with van der Waals surface area (Å²) >= 11 is 0. The fraction of sp³-hybridized carbons (Fsp3) is 1.00. The van der Waals surface area contributed by atoms with Gasteiger partial charge in [0.1, 0.15) is 11.6 Å². The number of unbranched alkanes of at least 4 members (excludes halogenated alkanes) is 4. The van der Waals surface area contributed by atoms with E-state index in [1.807, 2.05) is 0 Å². The Balaban J connectivity index is 3.99. The molecule has 0 heterocycles. The molecule has 0 spiro atoms. The van der Waals surface area contributed by atoms with E-state index in [1.165, 1.54) is 0 Å². The van der Waals surface area contributed by atoms with E-state index in [1.54, 1.807) is 0 Å². The van der Waals surface area contributed by atoms with Gasteiger partial charge in [0.25, 0.3) is 0 Å². The second kappa shape index (κ2) is 8.00. The van der Waals surface area contributed by atoms with Crippen molar-refractivity contribution in [3.8, 4) is 0 Å². The number of nitrogens with two attached hydrogens (primary N) is 4. The van der Waals surface area contributed by atoms with Crippen molar-refractivity contribution < 1.29 is 0 Å². The Labute approximate surface area is 106 Å². The van der Waals surface area contributed by atoms with Crippen molar-refractivity contribution in [3.63, 3.8) is 0 Å². The smallest absolute Gasteiger partial charge is 0.120 e. The van der Waals surface area contributed by atoms with Crippen LogP contribution in [0.1, 0.15) is 65.2 Å². The van der Waals surface area contributed by atoms with E-state index in [0.717, 1.165) is 38.5 Å². The molecule has 5 nitrogen and oxygen atoms in total. The molecule has 0 aromatic rings. The predicted molar refractivity (Wildman–Crippen MR) is 73.6 cm³/mol. The maximum absolute atomic E-state index is 5.95. The number of hydrogen-bond donors (Lipinski definition) is 5. The summed E-state index contributed by atoms with van der Waals surface area (Å²) in [7, 11) is 0. The van der Waals surface area contributed by atoms with Crippen molar-refractivity contribution in [1.29, 1.82) is 0 Å². The van der Waals surface area contributed by atoms with Crippen LogP contribution in [0.3, 0.4) is 0 Å².